The number of piperidine rings is 1. The van der Waals surface area contributed by atoms with E-state index >= 15 is 0 Å². The Bertz CT molecular complexity index is 1270. The number of aryl methyl sites for hydroxylation is 1. The summed E-state index contributed by atoms with van der Waals surface area (Å²) >= 11 is 0. The first-order valence-electron chi connectivity index (χ1n) is 10.7. The number of pyridine rings is 1. The van der Waals surface area contributed by atoms with Gasteiger partial charge in [-0.1, -0.05) is 12.1 Å². The second kappa shape index (κ2) is 8.35. The first-order valence-corrected chi connectivity index (χ1v) is 10.7. The minimum absolute atomic E-state index is 0.0454. The summed E-state index contributed by atoms with van der Waals surface area (Å²) in [7, 11) is 2.03. The minimum atomic E-state index is -0.0454. The summed E-state index contributed by atoms with van der Waals surface area (Å²) in [5.41, 5.74) is 3.77. The predicted molar refractivity (Wildman–Crippen MR) is 123 cm³/mol. The van der Waals surface area contributed by atoms with Crippen LogP contribution in [0.15, 0.2) is 65.8 Å². The normalized spacial score (nSPS) is 14.7. The van der Waals surface area contributed by atoms with Crippen LogP contribution in [0.4, 0.5) is 5.95 Å². The second-order valence-electron chi connectivity index (χ2n) is 8.14. The van der Waals surface area contributed by atoms with Crippen LogP contribution in [0.5, 0.6) is 0 Å². The zero-order valence-corrected chi connectivity index (χ0v) is 17.6. The summed E-state index contributed by atoms with van der Waals surface area (Å²) in [6, 6.07) is 14.2. The molecule has 0 bridgehead atoms. The highest BCUT2D eigenvalue weighted by atomic mass is 16.1. The molecule has 1 fully saturated rings. The summed E-state index contributed by atoms with van der Waals surface area (Å²) < 4.78 is 3.82. The summed E-state index contributed by atoms with van der Waals surface area (Å²) in [5.74, 6) is 0.615. The number of benzene rings is 1. The van der Waals surface area contributed by atoms with Gasteiger partial charge in [0, 0.05) is 48.8 Å². The topological polar surface area (TPSA) is 76.8 Å². The Labute approximate surface area is 180 Å². The van der Waals surface area contributed by atoms with Crippen molar-refractivity contribution in [3.63, 3.8) is 0 Å². The number of anilines is 1. The number of hydrogen-bond acceptors (Lipinski definition) is 5. The molecule has 31 heavy (non-hydrogen) atoms. The number of nitrogens with one attached hydrogen (secondary N) is 2. The lowest BCUT2D eigenvalue weighted by molar-refractivity contribution is 0.477. The standard InChI is InChI=1S/C24H26N6O/c1-29-12-7-18-3-2-17(14-22(18)29)16-30-13-8-19(15-23(30)31)21-6-11-26-24(28-21)27-20-4-9-25-10-5-20/h2-3,6-8,11-15,20,25H,4-5,9-10,16H2,1H3,(H,26,27,28). The molecule has 7 heteroatoms. The first kappa shape index (κ1) is 19.5. The van der Waals surface area contributed by atoms with Crippen molar-refractivity contribution in [1.29, 1.82) is 0 Å². The maximum Gasteiger partial charge on any atom is 0.251 e. The quantitative estimate of drug-likeness (QED) is 0.525. The maximum absolute atomic E-state index is 12.8. The molecule has 5 rings (SSSR count). The third-order valence-electron chi connectivity index (χ3n) is 5.93. The smallest absolute Gasteiger partial charge is 0.251 e. The molecule has 1 aliphatic rings. The Hall–Kier alpha value is -3.45. The zero-order chi connectivity index (χ0) is 21.2. The van der Waals surface area contributed by atoms with Gasteiger partial charge in [-0.3, -0.25) is 4.79 Å². The SMILES string of the molecule is Cn1ccc2ccc(Cn3ccc(-c4ccnc(NC5CCNCC5)n4)cc3=O)cc21. The molecule has 0 spiro atoms. The Morgan fingerprint density at radius 1 is 1.10 bits per heavy atom. The van der Waals surface area contributed by atoms with E-state index in [9.17, 15) is 4.79 Å². The second-order valence-corrected chi connectivity index (χ2v) is 8.14. The lowest BCUT2D eigenvalue weighted by Crippen LogP contribution is -2.35. The van der Waals surface area contributed by atoms with Gasteiger partial charge in [-0.05, 0) is 61.1 Å². The van der Waals surface area contributed by atoms with Crippen molar-refractivity contribution >= 4 is 16.9 Å². The van der Waals surface area contributed by atoms with Gasteiger partial charge in [0.25, 0.3) is 5.56 Å². The van der Waals surface area contributed by atoms with Crippen LogP contribution in [0.25, 0.3) is 22.2 Å². The van der Waals surface area contributed by atoms with Crippen molar-refractivity contribution < 1.29 is 0 Å². The van der Waals surface area contributed by atoms with Crippen LogP contribution in [0.3, 0.4) is 0 Å². The van der Waals surface area contributed by atoms with E-state index in [1.54, 1.807) is 16.8 Å². The van der Waals surface area contributed by atoms with Crippen LogP contribution < -0.4 is 16.2 Å². The molecule has 0 amide bonds. The molecular weight excluding hydrogens is 388 g/mol. The lowest BCUT2D eigenvalue weighted by Gasteiger charge is -2.23. The van der Waals surface area contributed by atoms with E-state index in [2.05, 4.69) is 49.4 Å². The number of nitrogens with zero attached hydrogens (tertiary/aromatic N) is 4. The average Bonchev–Trinajstić information content (AvgIpc) is 3.16. The fourth-order valence-corrected chi connectivity index (χ4v) is 4.14. The molecule has 7 nitrogen and oxygen atoms in total. The van der Waals surface area contributed by atoms with E-state index < -0.39 is 0 Å². The fraction of sp³-hybridized carbons (Fsp3) is 0.292. The van der Waals surface area contributed by atoms with Crippen LogP contribution >= 0.6 is 0 Å². The van der Waals surface area contributed by atoms with Gasteiger partial charge in [-0.15, -0.1) is 0 Å². The first-order chi connectivity index (χ1) is 15.2. The van der Waals surface area contributed by atoms with Crippen LogP contribution in [-0.4, -0.2) is 38.2 Å². The number of fused-ring (bicyclic) bond motifs is 1. The molecule has 4 heterocycles. The van der Waals surface area contributed by atoms with Gasteiger partial charge < -0.3 is 19.8 Å². The van der Waals surface area contributed by atoms with Gasteiger partial charge in [-0.2, -0.15) is 0 Å². The van der Waals surface area contributed by atoms with Crippen molar-refractivity contribution in [2.75, 3.05) is 18.4 Å². The van der Waals surface area contributed by atoms with Crippen molar-refractivity contribution in [2.24, 2.45) is 7.05 Å². The number of rotatable bonds is 5. The van der Waals surface area contributed by atoms with E-state index in [-0.39, 0.29) is 5.56 Å². The molecule has 1 aliphatic heterocycles. The van der Waals surface area contributed by atoms with Crippen LogP contribution in [0.1, 0.15) is 18.4 Å². The van der Waals surface area contributed by atoms with Crippen LogP contribution in [0, 0.1) is 0 Å². The highest BCUT2D eigenvalue weighted by Gasteiger charge is 2.14. The van der Waals surface area contributed by atoms with Crippen molar-refractivity contribution in [1.82, 2.24) is 24.4 Å². The Balaban J connectivity index is 1.35. The Kier molecular flexibility index (Phi) is 5.26. The minimum Gasteiger partial charge on any atom is -0.351 e. The van der Waals surface area contributed by atoms with E-state index in [4.69, 9.17) is 0 Å². The zero-order valence-electron chi connectivity index (χ0n) is 17.6. The van der Waals surface area contributed by atoms with Gasteiger partial charge in [0.1, 0.15) is 0 Å². The highest BCUT2D eigenvalue weighted by molar-refractivity contribution is 5.80. The predicted octanol–water partition coefficient (Wildman–Crippen LogP) is 3.01. The monoisotopic (exact) mass is 414 g/mol. The molecule has 4 aromatic rings. The van der Waals surface area contributed by atoms with E-state index in [0.717, 1.165) is 48.3 Å². The average molecular weight is 415 g/mol. The third-order valence-corrected chi connectivity index (χ3v) is 5.93. The Morgan fingerprint density at radius 3 is 2.81 bits per heavy atom. The van der Waals surface area contributed by atoms with Gasteiger partial charge in [0.15, 0.2) is 0 Å². The summed E-state index contributed by atoms with van der Waals surface area (Å²) in [5, 5.41) is 7.98. The molecular formula is C24H26N6O. The van der Waals surface area contributed by atoms with Gasteiger partial charge in [0.2, 0.25) is 5.95 Å². The molecule has 3 aromatic heterocycles. The van der Waals surface area contributed by atoms with E-state index in [1.807, 2.05) is 31.6 Å². The molecule has 1 saturated heterocycles. The number of hydrogen-bond donors (Lipinski definition) is 2. The summed E-state index contributed by atoms with van der Waals surface area (Å²) in [4.78, 5) is 21.8. The largest absolute Gasteiger partial charge is 0.351 e. The lowest BCUT2D eigenvalue weighted by atomic mass is 10.1. The molecule has 1 aromatic carbocycles. The number of aromatic nitrogens is 4. The van der Waals surface area contributed by atoms with Gasteiger partial charge in [-0.25, -0.2) is 9.97 Å². The van der Waals surface area contributed by atoms with Crippen LogP contribution in [-0.2, 0) is 13.6 Å². The molecule has 0 atom stereocenters. The summed E-state index contributed by atoms with van der Waals surface area (Å²) in [6.07, 6.45) is 7.74. The molecule has 0 aliphatic carbocycles. The van der Waals surface area contributed by atoms with Crippen LogP contribution in [0.2, 0.25) is 0 Å². The maximum atomic E-state index is 12.8. The molecule has 2 N–H and O–H groups in total. The third kappa shape index (κ3) is 4.22. The highest BCUT2D eigenvalue weighted by Crippen LogP contribution is 2.19. The van der Waals surface area contributed by atoms with Crippen molar-refractivity contribution in [3.05, 3.63) is 77.0 Å². The van der Waals surface area contributed by atoms with Crippen molar-refractivity contribution in [2.45, 2.75) is 25.4 Å². The van der Waals surface area contributed by atoms with Crippen molar-refractivity contribution in [3.8, 4) is 11.3 Å². The van der Waals surface area contributed by atoms with Gasteiger partial charge >= 0.3 is 0 Å². The molecule has 0 saturated carbocycles. The fourth-order valence-electron chi connectivity index (χ4n) is 4.14. The summed E-state index contributed by atoms with van der Waals surface area (Å²) in [6.45, 7) is 2.55. The molecule has 158 valence electrons. The Morgan fingerprint density at radius 2 is 1.97 bits per heavy atom. The van der Waals surface area contributed by atoms with E-state index in [0.29, 0.717) is 18.5 Å². The van der Waals surface area contributed by atoms with E-state index in [1.165, 1.54) is 5.39 Å². The molecule has 0 radical (unpaired) electrons. The van der Waals surface area contributed by atoms with Gasteiger partial charge in [0.05, 0.1) is 12.2 Å². The molecule has 0 unspecified atom stereocenters.